The number of benzene rings is 2. The van der Waals surface area contributed by atoms with Gasteiger partial charge in [-0.3, -0.25) is 14.4 Å². The fraction of sp³-hybridized carbons (Fsp3) is 0.464. The average molecular weight is 526 g/mol. The zero-order valence-corrected chi connectivity index (χ0v) is 22.1. The van der Waals surface area contributed by atoms with Crippen LogP contribution in [0.4, 0.5) is 0 Å². The van der Waals surface area contributed by atoms with Gasteiger partial charge < -0.3 is 10.2 Å². The van der Waals surface area contributed by atoms with E-state index >= 15 is 0 Å². The Morgan fingerprint density at radius 2 is 1.70 bits per heavy atom. The molecule has 2 aromatic rings. The average Bonchev–Trinajstić information content (AvgIpc) is 3.10. The third-order valence-electron chi connectivity index (χ3n) is 7.27. The molecule has 1 fully saturated rings. The topological polar surface area (TPSA) is 104 Å². The zero-order chi connectivity index (χ0) is 26.4. The van der Waals surface area contributed by atoms with E-state index in [0.717, 1.165) is 35.6 Å². The van der Waals surface area contributed by atoms with Crippen molar-refractivity contribution in [3.63, 3.8) is 0 Å². The van der Waals surface area contributed by atoms with Gasteiger partial charge in [0.2, 0.25) is 11.8 Å². The number of hydrogen-bond acceptors (Lipinski definition) is 5. The number of carbonyl (C=O) groups is 3. The Balaban J connectivity index is 1.40. The molecule has 37 heavy (non-hydrogen) atoms. The summed E-state index contributed by atoms with van der Waals surface area (Å²) in [5.74, 6) is -0.964. The number of carbonyl (C=O) groups excluding carboxylic acids is 3. The minimum atomic E-state index is -3.91. The van der Waals surface area contributed by atoms with E-state index < -0.39 is 22.0 Å². The molecule has 198 valence electrons. The molecule has 1 saturated carbocycles. The number of fused-ring (bicyclic) bond motifs is 1. The molecule has 1 aliphatic heterocycles. The first-order chi connectivity index (χ1) is 17.8. The van der Waals surface area contributed by atoms with Crippen molar-refractivity contribution in [2.45, 2.75) is 75.3 Å². The van der Waals surface area contributed by atoms with Crippen molar-refractivity contribution in [2.24, 2.45) is 0 Å². The van der Waals surface area contributed by atoms with E-state index in [2.05, 4.69) is 5.32 Å². The maximum Gasteiger partial charge on any atom is 0.269 e. The Kier molecular flexibility index (Phi) is 8.63. The SMILES string of the molecule is C[C@@H](C(=O)NC1CCCCC1)N(CCc1ccccc1)C(=O)CCCN1C(=O)c2ccccc2S1(=O)=O. The van der Waals surface area contributed by atoms with Gasteiger partial charge in [-0.25, -0.2) is 12.7 Å². The van der Waals surface area contributed by atoms with E-state index in [1.54, 1.807) is 24.0 Å². The first-order valence-electron chi connectivity index (χ1n) is 13.1. The van der Waals surface area contributed by atoms with Crippen LogP contribution in [0.25, 0.3) is 0 Å². The normalized spacial score (nSPS) is 17.8. The minimum Gasteiger partial charge on any atom is -0.352 e. The van der Waals surface area contributed by atoms with Gasteiger partial charge in [-0.15, -0.1) is 0 Å². The monoisotopic (exact) mass is 525 g/mol. The molecule has 1 N–H and O–H groups in total. The van der Waals surface area contributed by atoms with Gasteiger partial charge in [0.1, 0.15) is 10.9 Å². The second-order valence-corrected chi connectivity index (χ2v) is 11.7. The van der Waals surface area contributed by atoms with E-state index in [1.165, 1.54) is 18.6 Å². The highest BCUT2D eigenvalue weighted by atomic mass is 32.2. The van der Waals surface area contributed by atoms with Crippen LogP contribution in [0.2, 0.25) is 0 Å². The molecule has 1 atom stereocenters. The molecule has 4 rings (SSSR count). The largest absolute Gasteiger partial charge is 0.352 e. The van der Waals surface area contributed by atoms with Crippen molar-refractivity contribution in [2.75, 3.05) is 13.1 Å². The van der Waals surface area contributed by atoms with E-state index in [0.29, 0.717) is 13.0 Å². The summed E-state index contributed by atoms with van der Waals surface area (Å²) in [4.78, 5) is 40.7. The summed E-state index contributed by atoms with van der Waals surface area (Å²) in [6.45, 7) is 2.03. The van der Waals surface area contributed by atoms with Gasteiger partial charge in [-0.2, -0.15) is 0 Å². The van der Waals surface area contributed by atoms with E-state index in [4.69, 9.17) is 0 Å². The second kappa shape index (κ2) is 11.9. The van der Waals surface area contributed by atoms with Crippen LogP contribution < -0.4 is 5.32 Å². The number of rotatable bonds is 10. The Morgan fingerprint density at radius 3 is 2.41 bits per heavy atom. The smallest absolute Gasteiger partial charge is 0.269 e. The molecule has 0 aromatic heterocycles. The van der Waals surface area contributed by atoms with Crippen LogP contribution in [0.1, 0.15) is 67.8 Å². The first-order valence-corrected chi connectivity index (χ1v) is 14.5. The quantitative estimate of drug-likeness (QED) is 0.511. The molecule has 0 bridgehead atoms. The molecule has 0 radical (unpaired) electrons. The maximum atomic E-state index is 13.3. The Bertz CT molecular complexity index is 1230. The summed E-state index contributed by atoms with van der Waals surface area (Å²) < 4.78 is 26.5. The van der Waals surface area contributed by atoms with Gasteiger partial charge in [0.25, 0.3) is 15.9 Å². The van der Waals surface area contributed by atoms with Gasteiger partial charge in [0.05, 0.1) is 5.56 Å². The van der Waals surface area contributed by atoms with Crippen molar-refractivity contribution >= 4 is 27.7 Å². The molecule has 0 saturated heterocycles. The minimum absolute atomic E-state index is 0.00354. The van der Waals surface area contributed by atoms with Crippen molar-refractivity contribution in [3.8, 4) is 0 Å². The highest BCUT2D eigenvalue weighted by Crippen LogP contribution is 2.30. The number of amides is 3. The molecule has 0 spiro atoms. The summed E-state index contributed by atoms with van der Waals surface area (Å²) in [6.07, 6.45) is 6.10. The molecule has 9 heteroatoms. The lowest BCUT2D eigenvalue weighted by Gasteiger charge is -2.31. The number of nitrogens with zero attached hydrogens (tertiary/aromatic N) is 2. The molecule has 0 unspecified atom stereocenters. The molecular weight excluding hydrogens is 490 g/mol. The van der Waals surface area contributed by atoms with E-state index in [9.17, 15) is 22.8 Å². The summed E-state index contributed by atoms with van der Waals surface area (Å²) in [5, 5.41) is 3.11. The van der Waals surface area contributed by atoms with Gasteiger partial charge in [0, 0.05) is 25.6 Å². The van der Waals surface area contributed by atoms with Gasteiger partial charge in [-0.1, -0.05) is 61.7 Å². The van der Waals surface area contributed by atoms with E-state index in [-0.39, 0.29) is 47.7 Å². The predicted molar refractivity (Wildman–Crippen MR) is 140 cm³/mol. The lowest BCUT2D eigenvalue weighted by atomic mass is 9.95. The van der Waals surface area contributed by atoms with Crippen LogP contribution >= 0.6 is 0 Å². The number of sulfonamides is 1. The molecule has 1 aliphatic carbocycles. The third kappa shape index (κ3) is 6.21. The Labute approximate surface area is 219 Å². The molecule has 3 amide bonds. The molecule has 8 nitrogen and oxygen atoms in total. The lowest BCUT2D eigenvalue weighted by Crippen LogP contribution is -2.51. The number of hydrogen-bond donors (Lipinski definition) is 1. The summed E-state index contributed by atoms with van der Waals surface area (Å²) in [7, 11) is -3.91. The van der Waals surface area contributed by atoms with Crippen LogP contribution in [-0.4, -0.2) is 60.5 Å². The Hall–Kier alpha value is -3.20. The van der Waals surface area contributed by atoms with Crippen molar-refractivity contribution in [1.82, 2.24) is 14.5 Å². The highest BCUT2D eigenvalue weighted by molar-refractivity contribution is 7.90. The maximum absolute atomic E-state index is 13.3. The zero-order valence-electron chi connectivity index (χ0n) is 21.3. The summed E-state index contributed by atoms with van der Waals surface area (Å²) in [5.41, 5.74) is 1.22. The van der Waals surface area contributed by atoms with Crippen molar-refractivity contribution < 1.29 is 22.8 Å². The van der Waals surface area contributed by atoms with E-state index in [1.807, 2.05) is 30.3 Å². The first kappa shape index (κ1) is 26.9. The molecular formula is C28H35N3O5S. The van der Waals surface area contributed by atoms with Gasteiger partial charge in [-0.05, 0) is 50.3 Å². The van der Waals surface area contributed by atoms with Crippen LogP contribution in [0, 0.1) is 0 Å². The fourth-order valence-corrected chi connectivity index (χ4v) is 6.72. The lowest BCUT2D eigenvalue weighted by molar-refractivity contribution is -0.140. The molecule has 2 aliphatic rings. The molecule has 2 aromatic carbocycles. The van der Waals surface area contributed by atoms with Crippen LogP contribution in [0.3, 0.4) is 0 Å². The van der Waals surface area contributed by atoms with Crippen molar-refractivity contribution in [1.29, 1.82) is 0 Å². The van der Waals surface area contributed by atoms with Crippen LogP contribution in [-0.2, 0) is 26.0 Å². The fourth-order valence-electron chi connectivity index (χ4n) is 5.11. The summed E-state index contributed by atoms with van der Waals surface area (Å²) >= 11 is 0. The standard InChI is InChI=1S/C28H35N3O5S/c1-21(27(33)29-23-13-6-3-7-14-23)30(20-18-22-11-4-2-5-12-22)26(32)17-10-19-31-28(34)24-15-8-9-16-25(24)37(31,35)36/h2,4-5,8-9,11-12,15-16,21,23H,3,6-7,10,13-14,17-20H2,1H3,(H,29,33)/t21-/m0/s1. The summed E-state index contributed by atoms with van der Waals surface area (Å²) in [6, 6.07) is 15.4. The van der Waals surface area contributed by atoms with Gasteiger partial charge in [0.15, 0.2) is 0 Å². The Morgan fingerprint density at radius 1 is 1.03 bits per heavy atom. The highest BCUT2D eigenvalue weighted by Gasteiger charge is 2.40. The van der Waals surface area contributed by atoms with Crippen LogP contribution in [0.5, 0.6) is 0 Å². The number of nitrogens with one attached hydrogen (secondary N) is 1. The van der Waals surface area contributed by atoms with Crippen LogP contribution in [0.15, 0.2) is 59.5 Å². The second-order valence-electron chi connectivity index (χ2n) is 9.82. The van der Waals surface area contributed by atoms with Crippen molar-refractivity contribution in [3.05, 3.63) is 65.7 Å². The predicted octanol–water partition coefficient (Wildman–Crippen LogP) is 3.52. The molecule has 1 heterocycles. The third-order valence-corrected chi connectivity index (χ3v) is 9.11. The van der Waals surface area contributed by atoms with Gasteiger partial charge >= 0.3 is 0 Å².